The van der Waals surface area contributed by atoms with Gasteiger partial charge in [-0.1, -0.05) is 17.7 Å². The van der Waals surface area contributed by atoms with E-state index in [1.807, 2.05) is 26.0 Å². The van der Waals surface area contributed by atoms with Crippen LogP contribution < -0.4 is 5.32 Å². The second-order valence-corrected chi connectivity index (χ2v) is 6.36. The third kappa shape index (κ3) is 9.80. The minimum atomic E-state index is -0.989. The van der Waals surface area contributed by atoms with Crippen molar-refractivity contribution in [1.82, 2.24) is 5.32 Å². The summed E-state index contributed by atoms with van der Waals surface area (Å²) in [5, 5.41) is 12.3. The zero-order valence-electron chi connectivity index (χ0n) is 16.8. The highest BCUT2D eigenvalue weighted by atomic mass is 16.7. The first-order valence-corrected chi connectivity index (χ1v) is 9.30. The van der Waals surface area contributed by atoms with Crippen molar-refractivity contribution in [2.75, 3.05) is 46.9 Å². The van der Waals surface area contributed by atoms with E-state index >= 15 is 0 Å². The predicted molar refractivity (Wildman–Crippen MR) is 103 cm³/mol. The number of rotatable bonds is 15. The summed E-state index contributed by atoms with van der Waals surface area (Å²) in [6.07, 6.45) is 0.173. The van der Waals surface area contributed by atoms with Crippen LogP contribution in [0.1, 0.15) is 29.3 Å². The fourth-order valence-electron chi connectivity index (χ4n) is 2.43. The van der Waals surface area contributed by atoms with Gasteiger partial charge in [-0.25, -0.2) is 0 Å². The van der Waals surface area contributed by atoms with Crippen LogP contribution >= 0.6 is 0 Å². The molecule has 1 amide bonds. The summed E-state index contributed by atoms with van der Waals surface area (Å²) in [4.78, 5) is 24.1. The molecule has 0 aliphatic heterocycles. The molecule has 28 heavy (non-hydrogen) atoms. The van der Waals surface area contributed by atoms with E-state index in [0.717, 1.165) is 5.56 Å². The Kier molecular flexibility index (Phi) is 12.1. The standard InChI is InChI=1S/C20H31NO7/c1-4-26-14-28-13-18(11-17(20(23)24)12-27-10-9-25-3)21-19(22)16-7-5-15(2)6-8-16/h5-8,17-18H,4,9-14H2,1-3H3,(H,21,22)(H,23,24)/t17-,18+/m1/s1. The molecule has 0 aromatic heterocycles. The molecule has 0 saturated carbocycles. The van der Waals surface area contributed by atoms with E-state index in [2.05, 4.69) is 5.32 Å². The smallest absolute Gasteiger partial charge is 0.308 e. The predicted octanol–water partition coefficient (Wildman–Crippen LogP) is 1.86. The summed E-state index contributed by atoms with van der Waals surface area (Å²) < 4.78 is 20.8. The van der Waals surface area contributed by atoms with Crippen molar-refractivity contribution in [3.8, 4) is 0 Å². The van der Waals surface area contributed by atoms with Gasteiger partial charge in [-0.05, 0) is 32.4 Å². The topological polar surface area (TPSA) is 103 Å². The number of amides is 1. The summed E-state index contributed by atoms with van der Waals surface area (Å²) in [7, 11) is 1.55. The molecule has 0 unspecified atom stereocenters. The van der Waals surface area contributed by atoms with Gasteiger partial charge in [-0.2, -0.15) is 0 Å². The molecule has 0 aliphatic carbocycles. The molecular weight excluding hydrogens is 366 g/mol. The number of carboxylic acids is 1. The molecule has 1 aromatic carbocycles. The van der Waals surface area contributed by atoms with Gasteiger partial charge >= 0.3 is 5.97 Å². The SMILES string of the molecule is CCOCOC[C@H](C[C@H](COCCOC)C(=O)O)NC(=O)c1ccc(C)cc1. The number of ether oxygens (including phenoxy) is 4. The van der Waals surface area contributed by atoms with Crippen LogP contribution in [0.25, 0.3) is 0 Å². The summed E-state index contributed by atoms with van der Waals surface area (Å²) in [6.45, 7) is 5.23. The fraction of sp³-hybridized carbons (Fsp3) is 0.600. The minimum absolute atomic E-state index is 0.0288. The number of carboxylic acid groups (broad SMARTS) is 1. The Bertz CT molecular complexity index is 576. The van der Waals surface area contributed by atoms with Gasteiger partial charge in [-0.3, -0.25) is 9.59 Å². The summed E-state index contributed by atoms with van der Waals surface area (Å²) in [5.74, 6) is -2.05. The molecule has 0 spiro atoms. The number of carbonyl (C=O) groups is 2. The van der Waals surface area contributed by atoms with Gasteiger partial charge in [0.2, 0.25) is 0 Å². The first kappa shape index (κ1) is 24.0. The van der Waals surface area contributed by atoms with Crippen molar-refractivity contribution in [3.05, 3.63) is 35.4 Å². The van der Waals surface area contributed by atoms with Crippen molar-refractivity contribution in [2.24, 2.45) is 5.92 Å². The number of hydrogen-bond acceptors (Lipinski definition) is 6. The molecule has 0 radical (unpaired) electrons. The zero-order valence-corrected chi connectivity index (χ0v) is 16.8. The number of carbonyl (C=O) groups excluding carboxylic acids is 1. The molecule has 0 heterocycles. The minimum Gasteiger partial charge on any atom is -0.481 e. The fourth-order valence-corrected chi connectivity index (χ4v) is 2.43. The number of aryl methyl sites for hydroxylation is 1. The Morgan fingerprint density at radius 1 is 1.07 bits per heavy atom. The molecule has 158 valence electrons. The third-order valence-electron chi connectivity index (χ3n) is 4.01. The van der Waals surface area contributed by atoms with Gasteiger partial charge in [-0.15, -0.1) is 0 Å². The second kappa shape index (κ2) is 14.1. The third-order valence-corrected chi connectivity index (χ3v) is 4.01. The number of aliphatic carboxylic acids is 1. The average molecular weight is 397 g/mol. The Morgan fingerprint density at radius 3 is 2.39 bits per heavy atom. The lowest BCUT2D eigenvalue weighted by atomic mass is 10.0. The normalized spacial score (nSPS) is 13.1. The van der Waals surface area contributed by atoms with Crippen LogP contribution in [0, 0.1) is 12.8 Å². The van der Waals surface area contributed by atoms with E-state index in [4.69, 9.17) is 18.9 Å². The van der Waals surface area contributed by atoms with Crippen LogP contribution in [-0.2, 0) is 23.7 Å². The molecule has 2 atom stereocenters. The quantitative estimate of drug-likeness (QED) is 0.344. The summed E-state index contributed by atoms with van der Waals surface area (Å²) in [6, 6.07) is 6.65. The Balaban J connectivity index is 2.70. The van der Waals surface area contributed by atoms with Crippen molar-refractivity contribution < 1.29 is 33.6 Å². The molecule has 0 saturated heterocycles. The van der Waals surface area contributed by atoms with Gasteiger partial charge in [0.05, 0.1) is 38.4 Å². The Morgan fingerprint density at radius 2 is 1.79 bits per heavy atom. The van der Waals surface area contributed by atoms with E-state index in [1.54, 1.807) is 19.2 Å². The van der Waals surface area contributed by atoms with Gasteiger partial charge in [0, 0.05) is 19.3 Å². The van der Waals surface area contributed by atoms with Crippen LogP contribution in [0.5, 0.6) is 0 Å². The number of methoxy groups -OCH3 is 1. The molecule has 0 aliphatic rings. The van der Waals surface area contributed by atoms with Gasteiger partial charge in [0.25, 0.3) is 5.91 Å². The van der Waals surface area contributed by atoms with Gasteiger partial charge < -0.3 is 29.4 Å². The highest BCUT2D eigenvalue weighted by Crippen LogP contribution is 2.11. The highest BCUT2D eigenvalue weighted by Gasteiger charge is 2.25. The maximum atomic E-state index is 12.5. The zero-order chi connectivity index (χ0) is 20.8. The Hall–Kier alpha value is -2.00. The second-order valence-electron chi connectivity index (χ2n) is 6.36. The van der Waals surface area contributed by atoms with Crippen molar-refractivity contribution in [1.29, 1.82) is 0 Å². The lowest BCUT2D eigenvalue weighted by Crippen LogP contribution is -2.41. The molecular formula is C20H31NO7. The van der Waals surface area contributed by atoms with Crippen molar-refractivity contribution in [3.63, 3.8) is 0 Å². The first-order chi connectivity index (χ1) is 13.5. The van der Waals surface area contributed by atoms with E-state index in [-0.39, 0.29) is 32.3 Å². The lowest BCUT2D eigenvalue weighted by molar-refractivity contribution is -0.145. The van der Waals surface area contributed by atoms with Crippen LogP contribution in [-0.4, -0.2) is 70.0 Å². The Labute approximate surface area is 166 Å². The molecule has 1 aromatic rings. The largest absolute Gasteiger partial charge is 0.481 e. The molecule has 0 bridgehead atoms. The number of benzene rings is 1. The van der Waals surface area contributed by atoms with Gasteiger partial charge in [0.15, 0.2) is 0 Å². The molecule has 2 N–H and O–H groups in total. The molecule has 8 nitrogen and oxygen atoms in total. The van der Waals surface area contributed by atoms with E-state index in [0.29, 0.717) is 25.4 Å². The van der Waals surface area contributed by atoms with Crippen molar-refractivity contribution in [2.45, 2.75) is 26.3 Å². The maximum absolute atomic E-state index is 12.5. The summed E-state index contributed by atoms with van der Waals surface area (Å²) in [5.41, 5.74) is 1.55. The van der Waals surface area contributed by atoms with Crippen molar-refractivity contribution >= 4 is 11.9 Å². The van der Waals surface area contributed by atoms with Crippen LogP contribution in [0.3, 0.4) is 0 Å². The van der Waals surface area contributed by atoms with Crippen LogP contribution in [0.2, 0.25) is 0 Å². The molecule has 0 fully saturated rings. The van der Waals surface area contributed by atoms with E-state index in [9.17, 15) is 14.7 Å². The molecule has 1 rings (SSSR count). The maximum Gasteiger partial charge on any atom is 0.308 e. The average Bonchev–Trinajstić information content (AvgIpc) is 2.67. The number of nitrogens with one attached hydrogen (secondary N) is 1. The van der Waals surface area contributed by atoms with E-state index < -0.39 is 17.9 Å². The van der Waals surface area contributed by atoms with Crippen LogP contribution in [0.15, 0.2) is 24.3 Å². The first-order valence-electron chi connectivity index (χ1n) is 9.30. The lowest BCUT2D eigenvalue weighted by Gasteiger charge is -2.22. The molecule has 8 heteroatoms. The highest BCUT2D eigenvalue weighted by molar-refractivity contribution is 5.94. The summed E-state index contributed by atoms with van der Waals surface area (Å²) >= 11 is 0. The monoisotopic (exact) mass is 397 g/mol. The number of hydrogen-bond donors (Lipinski definition) is 2. The van der Waals surface area contributed by atoms with Crippen LogP contribution in [0.4, 0.5) is 0 Å². The van der Waals surface area contributed by atoms with E-state index in [1.165, 1.54) is 0 Å². The van der Waals surface area contributed by atoms with Gasteiger partial charge in [0.1, 0.15) is 6.79 Å².